The Morgan fingerprint density at radius 2 is 1.34 bits per heavy atom. The number of rotatable bonds is 2. The summed E-state index contributed by atoms with van der Waals surface area (Å²) in [5.41, 5.74) is 0.182. The van der Waals surface area contributed by atoms with Crippen molar-refractivity contribution in [3.05, 3.63) is 126 Å². The van der Waals surface area contributed by atoms with Gasteiger partial charge in [0.1, 0.15) is 0 Å². The number of nitrogens with zero attached hydrogens (tertiary/aromatic N) is 1. The minimum atomic E-state index is -4.85. The molecule has 7 heteroatoms. The van der Waals surface area contributed by atoms with E-state index in [9.17, 15) is 26.3 Å². The Balaban J connectivity index is 1.84. The highest BCUT2D eigenvalue weighted by Crippen LogP contribution is 2.46. The van der Waals surface area contributed by atoms with Crippen molar-refractivity contribution >= 4 is 27.7 Å². The van der Waals surface area contributed by atoms with Crippen LogP contribution in [-0.2, 0) is 12.4 Å². The Morgan fingerprint density at radius 1 is 0.658 bits per heavy atom. The topological polar surface area (TPSA) is 3.24 Å². The van der Waals surface area contributed by atoms with Gasteiger partial charge in [-0.25, -0.2) is 0 Å². The minimum Gasteiger partial charge on any atom is -0.337 e. The summed E-state index contributed by atoms with van der Waals surface area (Å²) < 4.78 is 83.1. The Bertz CT molecular complexity index is 1590. The standard InChI is InChI=1S/C31H21F6N/c1-20-9-3-2-6-18-38(27-14-5-4-12-23(20)27)28-15-8-11-21-10-7-13-24(29(21)28)25-19-22(30(32,33)34)16-17-26(25)31(35,36)37/h2-17,19H,1,18H2/b6-2-,9-3-. The maximum Gasteiger partial charge on any atom is 0.417 e. The van der Waals surface area contributed by atoms with Crippen molar-refractivity contribution in [2.45, 2.75) is 12.4 Å². The first-order valence-corrected chi connectivity index (χ1v) is 11.8. The molecule has 0 bridgehead atoms. The molecular formula is C31H21F6N. The van der Waals surface area contributed by atoms with E-state index in [1.54, 1.807) is 30.3 Å². The monoisotopic (exact) mass is 521 g/mol. The first-order valence-electron chi connectivity index (χ1n) is 11.8. The maximum atomic E-state index is 14.1. The van der Waals surface area contributed by atoms with Crippen molar-refractivity contribution in [3.63, 3.8) is 0 Å². The molecule has 1 aliphatic rings. The van der Waals surface area contributed by atoms with Gasteiger partial charge in [-0.3, -0.25) is 0 Å². The van der Waals surface area contributed by atoms with Gasteiger partial charge in [-0.2, -0.15) is 26.3 Å². The summed E-state index contributed by atoms with van der Waals surface area (Å²) in [6.07, 6.45) is -2.18. The maximum absolute atomic E-state index is 14.1. The number of halogens is 6. The van der Waals surface area contributed by atoms with Gasteiger partial charge >= 0.3 is 12.4 Å². The summed E-state index contributed by atoms with van der Waals surface area (Å²) in [5, 5.41) is 1.02. The molecule has 0 fully saturated rings. The molecule has 192 valence electrons. The third-order valence-electron chi connectivity index (χ3n) is 6.49. The van der Waals surface area contributed by atoms with Crippen molar-refractivity contribution in [2.75, 3.05) is 11.4 Å². The molecule has 5 rings (SSSR count). The molecule has 0 N–H and O–H groups in total. The average molecular weight is 522 g/mol. The lowest BCUT2D eigenvalue weighted by Crippen LogP contribution is -2.19. The van der Waals surface area contributed by atoms with Crippen LogP contribution >= 0.6 is 0 Å². The summed E-state index contributed by atoms with van der Waals surface area (Å²) in [5.74, 6) is 0. The van der Waals surface area contributed by atoms with E-state index in [-0.39, 0.29) is 5.56 Å². The molecule has 0 atom stereocenters. The van der Waals surface area contributed by atoms with Gasteiger partial charge in [0.05, 0.1) is 11.1 Å². The van der Waals surface area contributed by atoms with Crippen LogP contribution in [0.1, 0.15) is 16.7 Å². The predicted octanol–water partition coefficient (Wildman–Crippen LogP) is 9.82. The molecule has 4 aromatic carbocycles. The van der Waals surface area contributed by atoms with E-state index in [4.69, 9.17) is 0 Å². The largest absolute Gasteiger partial charge is 0.417 e. The van der Waals surface area contributed by atoms with Gasteiger partial charge in [0.25, 0.3) is 0 Å². The fourth-order valence-electron chi connectivity index (χ4n) is 4.77. The van der Waals surface area contributed by atoms with E-state index in [2.05, 4.69) is 6.58 Å². The van der Waals surface area contributed by atoms with Gasteiger partial charge in [0, 0.05) is 28.9 Å². The van der Waals surface area contributed by atoms with Gasteiger partial charge in [0.15, 0.2) is 0 Å². The van der Waals surface area contributed by atoms with Crippen molar-refractivity contribution in [2.24, 2.45) is 0 Å². The smallest absolute Gasteiger partial charge is 0.337 e. The normalized spacial score (nSPS) is 15.9. The number of fused-ring (bicyclic) bond motifs is 2. The van der Waals surface area contributed by atoms with Crippen LogP contribution in [-0.4, -0.2) is 6.54 Å². The lowest BCUT2D eigenvalue weighted by Gasteiger charge is -2.28. The molecule has 0 aliphatic carbocycles. The highest BCUT2D eigenvalue weighted by Gasteiger charge is 2.37. The Labute approximate surface area is 215 Å². The molecule has 0 radical (unpaired) electrons. The summed E-state index contributed by atoms with van der Waals surface area (Å²) in [7, 11) is 0. The fourth-order valence-corrected chi connectivity index (χ4v) is 4.77. The van der Waals surface area contributed by atoms with Crippen LogP contribution in [0.4, 0.5) is 37.7 Å². The van der Waals surface area contributed by atoms with Gasteiger partial charge in [-0.15, -0.1) is 0 Å². The van der Waals surface area contributed by atoms with E-state index in [1.807, 2.05) is 53.5 Å². The van der Waals surface area contributed by atoms with E-state index in [0.717, 1.165) is 16.8 Å². The molecule has 0 saturated heterocycles. The van der Waals surface area contributed by atoms with Crippen molar-refractivity contribution < 1.29 is 26.3 Å². The first-order chi connectivity index (χ1) is 18.1. The Hall–Kier alpha value is -4.26. The van der Waals surface area contributed by atoms with E-state index in [1.165, 1.54) is 6.07 Å². The SMILES string of the molecule is C=C1/C=C\C=C/CN(c2cccc3cccc(-c4cc(C(F)(F)F)ccc4C(F)(F)F)c23)c2ccccc21. The van der Waals surface area contributed by atoms with Crippen molar-refractivity contribution in [1.29, 1.82) is 0 Å². The molecule has 0 aromatic heterocycles. The van der Waals surface area contributed by atoms with E-state index < -0.39 is 29.0 Å². The Kier molecular flexibility index (Phi) is 6.39. The van der Waals surface area contributed by atoms with Gasteiger partial charge in [-0.05, 0) is 52.4 Å². The molecule has 0 unspecified atom stereocenters. The molecule has 4 aromatic rings. The van der Waals surface area contributed by atoms with E-state index in [0.29, 0.717) is 41.2 Å². The van der Waals surface area contributed by atoms with Crippen LogP contribution in [0.3, 0.4) is 0 Å². The predicted molar refractivity (Wildman–Crippen MR) is 140 cm³/mol. The second kappa shape index (κ2) is 9.56. The zero-order chi connectivity index (χ0) is 27.1. The average Bonchev–Trinajstić information content (AvgIpc) is 2.96. The lowest BCUT2D eigenvalue weighted by atomic mass is 9.91. The molecule has 38 heavy (non-hydrogen) atoms. The second-order valence-corrected chi connectivity index (χ2v) is 8.88. The number of hydrogen-bond donors (Lipinski definition) is 0. The number of allylic oxidation sites excluding steroid dienone is 4. The van der Waals surface area contributed by atoms with Crippen molar-refractivity contribution in [1.82, 2.24) is 0 Å². The summed E-state index contributed by atoms with van der Waals surface area (Å²) >= 11 is 0. The molecular weight excluding hydrogens is 500 g/mol. The van der Waals surface area contributed by atoms with Crippen LogP contribution in [0, 0.1) is 0 Å². The number of hydrogen-bond acceptors (Lipinski definition) is 1. The number of alkyl halides is 6. The van der Waals surface area contributed by atoms with Gasteiger partial charge in [0.2, 0.25) is 0 Å². The van der Waals surface area contributed by atoms with E-state index >= 15 is 0 Å². The highest BCUT2D eigenvalue weighted by atomic mass is 19.4. The summed E-state index contributed by atoms with van der Waals surface area (Å²) in [6, 6.07) is 19.1. The number of anilines is 2. The molecule has 1 nitrogen and oxygen atoms in total. The minimum absolute atomic E-state index is 0.0646. The quantitative estimate of drug-likeness (QED) is 0.237. The van der Waals surface area contributed by atoms with Crippen molar-refractivity contribution in [3.8, 4) is 11.1 Å². The Morgan fingerprint density at radius 3 is 2.08 bits per heavy atom. The molecule has 0 amide bonds. The van der Waals surface area contributed by atoms with Crippen LogP contribution in [0.15, 0.2) is 110 Å². The van der Waals surface area contributed by atoms with Gasteiger partial charge in [-0.1, -0.05) is 79.4 Å². The highest BCUT2D eigenvalue weighted by molar-refractivity contribution is 6.07. The molecule has 0 spiro atoms. The zero-order valence-electron chi connectivity index (χ0n) is 19.9. The number of para-hydroxylation sites is 1. The molecule has 1 heterocycles. The molecule has 0 saturated carbocycles. The summed E-state index contributed by atoms with van der Waals surface area (Å²) in [4.78, 5) is 1.94. The lowest BCUT2D eigenvalue weighted by molar-refractivity contribution is -0.141. The third-order valence-corrected chi connectivity index (χ3v) is 6.49. The van der Waals surface area contributed by atoms with Crippen LogP contribution in [0.5, 0.6) is 0 Å². The van der Waals surface area contributed by atoms with Gasteiger partial charge < -0.3 is 4.90 Å². The van der Waals surface area contributed by atoms with Crippen LogP contribution in [0.25, 0.3) is 27.5 Å². The van der Waals surface area contributed by atoms with Crippen LogP contribution < -0.4 is 4.90 Å². The van der Waals surface area contributed by atoms with Crippen LogP contribution in [0.2, 0.25) is 0 Å². The number of benzene rings is 4. The molecule has 1 aliphatic heterocycles. The zero-order valence-corrected chi connectivity index (χ0v) is 19.9. The fraction of sp³-hybridized carbons (Fsp3) is 0.0968. The first kappa shape index (κ1) is 25.4. The third kappa shape index (κ3) is 4.72. The second-order valence-electron chi connectivity index (χ2n) is 8.88. The summed E-state index contributed by atoms with van der Waals surface area (Å²) in [6.45, 7) is 4.52.